The van der Waals surface area contributed by atoms with E-state index in [1.165, 1.54) is 25.4 Å². The molecule has 2 aromatic heterocycles. The van der Waals surface area contributed by atoms with Gasteiger partial charge >= 0.3 is 12.3 Å². The van der Waals surface area contributed by atoms with Gasteiger partial charge in [-0.05, 0) is 44.0 Å². The zero-order valence-corrected chi connectivity index (χ0v) is 20.2. The van der Waals surface area contributed by atoms with Gasteiger partial charge in [0.25, 0.3) is 0 Å². The van der Waals surface area contributed by atoms with E-state index in [-0.39, 0.29) is 11.9 Å². The number of piperazine rings is 1. The first-order valence-corrected chi connectivity index (χ1v) is 11.2. The molecule has 1 saturated heterocycles. The van der Waals surface area contributed by atoms with Crippen LogP contribution in [-0.4, -0.2) is 59.1 Å². The summed E-state index contributed by atoms with van der Waals surface area (Å²) in [4.78, 5) is 23.9. The van der Waals surface area contributed by atoms with Crippen LogP contribution in [0.4, 0.5) is 29.6 Å². The lowest BCUT2D eigenvalue weighted by Gasteiger charge is -2.41. The number of halogens is 3. The predicted molar refractivity (Wildman–Crippen MR) is 126 cm³/mol. The summed E-state index contributed by atoms with van der Waals surface area (Å²) < 4.78 is 48.0. The molecule has 1 atom stereocenters. The van der Waals surface area contributed by atoms with Gasteiger partial charge < -0.3 is 19.3 Å². The van der Waals surface area contributed by atoms with Gasteiger partial charge in [-0.2, -0.15) is 13.2 Å². The molecule has 0 bridgehead atoms. The SMILES string of the molecule is COC(=O)Oc1cnc(N2CCN(c3nnc(-c4ccc(C(F)(F)F)cc4)c(C)c3C)C[C@H]2C)cn1. The number of methoxy groups -OCH3 is 1. The van der Waals surface area contributed by atoms with E-state index in [2.05, 4.69) is 41.6 Å². The fourth-order valence-electron chi connectivity index (χ4n) is 4.11. The summed E-state index contributed by atoms with van der Waals surface area (Å²) in [5.41, 5.74) is 2.22. The lowest BCUT2D eigenvalue weighted by atomic mass is 10.0. The van der Waals surface area contributed by atoms with E-state index >= 15 is 0 Å². The summed E-state index contributed by atoms with van der Waals surface area (Å²) in [5, 5.41) is 8.80. The van der Waals surface area contributed by atoms with Crippen LogP contribution in [0.5, 0.6) is 5.88 Å². The number of carbonyl (C=O) groups is 1. The van der Waals surface area contributed by atoms with E-state index in [9.17, 15) is 18.0 Å². The van der Waals surface area contributed by atoms with Crippen molar-refractivity contribution < 1.29 is 27.4 Å². The Labute approximate surface area is 205 Å². The molecule has 1 fully saturated rings. The van der Waals surface area contributed by atoms with Crippen LogP contribution in [0.2, 0.25) is 0 Å². The van der Waals surface area contributed by atoms with E-state index in [0.717, 1.165) is 29.1 Å². The molecule has 3 heterocycles. The van der Waals surface area contributed by atoms with Gasteiger partial charge in [0.1, 0.15) is 5.82 Å². The highest BCUT2D eigenvalue weighted by Crippen LogP contribution is 2.33. The Hall–Kier alpha value is -3.96. The van der Waals surface area contributed by atoms with Crippen molar-refractivity contribution in [3.8, 4) is 17.1 Å². The average Bonchev–Trinajstić information content (AvgIpc) is 2.86. The van der Waals surface area contributed by atoms with Crippen LogP contribution in [0.25, 0.3) is 11.3 Å². The number of hydrogen-bond donors (Lipinski definition) is 0. The maximum Gasteiger partial charge on any atom is 0.514 e. The first kappa shape index (κ1) is 25.1. The average molecular weight is 502 g/mol. The molecule has 190 valence electrons. The zero-order chi connectivity index (χ0) is 26.0. The Bertz CT molecular complexity index is 1240. The minimum Gasteiger partial charge on any atom is -0.437 e. The van der Waals surface area contributed by atoms with Crippen LogP contribution < -0.4 is 14.5 Å². The summed E-state index contributed by atoms with van der Waals surface area (Å²) in [6.07, 6.45) is -2.35. The van der Waals surface area contributed by atoms with Crippen LogP contribution >= 0.6 is 0 Å². The minimum atomic E-state index is -4.39. The molecule has 0 spiro atoms. The fraction of sp³-hybridized carbons (Fsp3) is 0.375. The van der Waals surface area contributed by atoms with Crippen molar-refractivity contribution in [3.05, 3.63) is 53.3 Å². The van der Waals surface area contributed by atoms with E-state index in [0.29, 0.717) is 36.7 Å². The maximum atomic E-state index is 12.9. The van der Waals surface area contributed by atoms with Crippen molar-refractivity contribution >= 4 is 17.8 Å². The number of hydrogen-bond acceptors (Lipinski definition) is 9. The zero-order valence-electron chi connectivity index (χ0n) is 20.2. The number of benzene rings is 1. The van der Waals surface area contributed by atoms with Crippen LogP contribution in [0.15, 0.2) is 36.7 Å². The molecular weight excluding hydrogens is 477 g/mol. The molecule has 0 aliphatic carbocycles. The number of anilines is 2. The van der Waals surface area contributed by atoms with E-state index in [4.69, 9.17) is 4.74 Å². The number of alkyl halides is 3. The lowest BCUT2D eigenvalue weighted by Crippen LogP contribution is -2.53. The van der Waals surface area contributed by atoms with E-state index in [1.54, 1.807) is 6.20 Å². The van der Waals surface area contributed by atoms with Crippen LogP contribution in [0.3, 0.4) is 0 Å². The van der Waals surface area contributed by atoms with Crippen LogP contribution in [0, 0.1) is 13.8 Å². The summed E-state index contributed by atoms with van der Waals surface area (Å²) in [7, 11) is 1.21. The predicted octanol–water partition coefficient (Wildman–Crippen LogP) is 4.43. The van der Waals surface area contributed by atoms with Crippen LogP contribution in [0.1, 0.15) is 23.6 Å². The number of nitrogens with zero attached hydrogens (tertiary/aromatic N) is 6. The molecule has 9 nitrogen and oxygen atoms in total. The second-order valence-electron chi connectivity index (χ2n) is 8.45. The van der Waals surface area contributed by atoms with Gasteiger partial charge in [-0.25, -0.2) is 14.8 Å². The molecule has 0 amide bonds. The number of rotatable bonds is 4. The van der Waals surface area contributed by atoms with Crippen molar-refractivity contribution in [3.63, 3.8) is 0 Å². The first-order chi connectivity index (χ1) is 17.1. The van der Waals surface area contributed by atoms with Gasteiger partial charge in [0.15, 0.2) is 5.82 Å². The lowest BCUT2D eigenvalue weighted by molar-refractivity contribution is -0.137. The Kier molecular flexibility index (Phi) is 6.95. The molecule has 4 rings (SSSR count). The first-order valence-electron chi connectivity index (χ1n) is 11.2. The largest absolute Gasteiger partial charge is 0.514 e. The number of carbonyl (C=O) groups excluding carboxylic acids is 1. The molecule has 3 aromatic rings. The minimum absolute atomic E-state index is 0.0476. The maximum absolute atomic E-state index is 12.9. The van der Waals surface area contributed by atoms with Crippen molar-refractivity contribution in [1.82, 2.24) is 20.2 Å². The van der Waals surface area contributed by atoms with Gasteiger partial charge in [0, 0.05) is 31.2 Å². The summed E-state index contributed by atoms with van der Waals surface area (Å²) >= 11 is 0. The van der Waals surface area contributed by atoms with E-state index in [1.807, 2.05) is 13.8 Å². The Morgan fingerprint density at radius 1 is 1.03 bits per heavy atom. The molecule has 1 aliphatic heterocycles. The smallest absolute Gasteiger partial charge is 0.437 e. The molecular formula is C24H25F3N6O3. The Balaban J connectivity index is 1.48. The molecule has 1 aliphatic rings. The van der Waals surface area contributed by atoms with Crippen LogP contribution in [-0.2, 0) is 10.9 Å². The third-order valence-corrected chi connectivity index (χ3v) is 6.17. The molecule has 0 radical (unpaired) electrons. The van der Waals surface area contributed by atoms with Crippen molar-refractivity contribution in [1.29, 1.82) is 0 Å². The molecule has 0 saturated carbocycles. The van der Waals surface area contributed by atoms with E-state index < -0.39 is 17.9 Å². The van der Waals surface area contributed by atoms with Crippen molar-refractivity contribution in [2.45, 2.75) is 33.0 Å². The summed E-state index contributed by atoms with van der Waals surface area (Å²) in [6.45, 7) is 7.84. The quantitative estimate of drug-likeness (QED) is 0.480. The molecule has 0 N–H and O–H groups in total. The standard InChI is InChI=1S/C24H25F3N6O3/c1-14-13-32(9-10-33(14)19-11-29-20(12-28-19)36-23(34)35-4)22-16(3)15(2)21(30-31-22)17-5-7-18(8-6-17)24(25,26)27/h5-8,11-12,14H,9-10,13H2,1-4H3/t14-/m1/s1. The van der Waals surface area contributed by atoms with Gasteiger partial charge in [-0.1, -0.05) is 12.1 Å². The van der Waals surface area contributed by atoms with Crippen molar-refractivity contribution in [2.75, 3.05) is 36.5 Å². The third kappa shape index (κ3) is 5.16. The molecule has 0 unspecified atom stereocenters. The number of aromatic nitrogens is 4. The monoisotopic (exact) mass is 502 g/mol. The fourth-order valence-corrected chi connectivity index (χ4v) is 4.11. The van der Waals surface area contributed by atoms with Crippen molar-refractivity contribution in [2.24, 2.45) is 0 Å². The normalized spacial score (nSPS) is 16.1. The number of ether oxygens (including phenoxy) is 2. The molecule has 36 heavy (non-hydrogen) atoms. The summed E-state index contributed by atoms with van der Waals surface area (Å²) in [5.74, 6) is 1.44. The highest BCUT2D eigenvalue weighted by molar-refractivity contribution is 5.67. The Morgan fingerprint density at radius 3 is 2.33 bits per heavy atom. The highest BCUT2D eigenvalue weighted by atomic mass is 19.4. The molecule has 12 heteroatoms. The van der Waals surface area contributed by atoms with Gasteiger partial charge in [0.05, 0.1) is 30.8 Å². The molecule has 1 aromatic carbocycles. The topological polar surface area (TPSA) is 93.6 Å². The summed E-state index contributed by atoms with van der Waals surface area (Å²) in [6, 6.07) is 5.01. The van der Waals surface area contributed by atoms with Gasteiger partial charge in [-0.15, -0.1) is 10.2 Å². The highest BCUT2D eigenvalue weighted by Gasteiger charge is 2.31. The Morgan fingerprint density at radius 2 is 1.75 bits per heavy atom. The third-order valence-electron chi connectivity index (χ3n) is 6.17. The van der Waals surface area contributed by atoms with Gasteiger partial charge in [0.2, 0.25) is 5.88 Å². The van der Waals surface area contributed by atoms with Gasteiger partial charge in [-0.3, -0.25) is 0 Å². The second kappa shape index (κ2) is 9.96. The second-order valence-corrected chi connectivity index (χ2v) is 8.45.